The molecule has 0 aliphatic rings. The lowest BCUT2D eigenvalue weighted by molar-refractivity contribution is 0.388. The molecular formula is C22H25N5O3. The van der Waals surface area contributed by atoms with E-state index in [1.54, 1.807) is 23.9 Å². The van der Waals surface area contributed by atoms with E-state index in [0.29, 0.717) is 41.6 Å². The molecule has 4 rings (SSSR count). The highest BCUT2D eigenvalue weighted by atomic mass is 16.5. The average molecular weight is 407 g/mol. The Balaban J connectivity index is 1.89. The molecule has 8 heteroatoms. The fourth-order valence-corrected chi connectivity index (χ4v) is 3.51. The Morgan fingerprint density at radius 1 is 1.07 bits per heavy atom. The summed E-state index contributed by atoms with van der Waals surface area (Å²) in [5, 5.41) is 3.95. The van der Waals surface area contributed by atoms with Gasteiger partial charge in [-0.2, -0.15) is 0 Å². The largest absolute Gasteiger partial charge is 0.361 e. The van der Waals surface area contributed by atoms with Crippen LogP contribution in [-0.2, 0) is 19.6 Å². The molecule has 3 heterocycles. The number of hydrogen-bond acceptors (Lipinski definition) is 5. The summed E-state index contributed by atoms with van der Waals surface area (Å²) in [7, 11) is 0. The Hall–Kier alpha value is -3.42. The normalized spacial score (nSPS) is 11.6. The molecule has 0 fully saturated rings. The quantitative estimate of drug-likeness (QED) is 0.470. The van der Waals surface area contributed by atoms with Gasteiger partial charge in [-0.1, -0.05) is 49.3 Å². The van der Waals surface area contributed by atoms with Crippen molar-refractivity contribution in [3.8, 4) is 0 Å². The van der Waals surface area contributed by atoms with Gasteiger partial charge in [0.2, 0.25) is 0 Å². The summed E-state index contributed by atoms with van der Waals surface area (Å²) < 4.78 is 9.74. The van der Waals surface area contributed by atoms with E-state index in [9.17, 15) is 9.59 Å². The molecule has 0 aliphatic carbocycles. The van der Waals surface area contributed by atoms with Crippen molar-refractivity contribution in [1.29, 1.82) is 0 Å². The van der Waals surface area contributed by atoms with E-state index in [1.165, 1.54) is 4.57 Å². The molecule has 30 heavy (non-hydrogen) atoms. The molecule has 0 aliphatic heterocycles. The fraction of sp³-hybridized carbons (Fsp3) is 0.364. The number of rotatable bonds is 7. The van der Waals surface area contributed by atoms with Gasteiger partial charge in [0.05, 0.1) is 19.4 Å². The second-order valence-electron chi connectivity index (χ2n) is 7.97. The average Bonchev–Trinajstić information content (AvgIpc) is 3.34. The predicted octanol–water partition coefficient (Wildman–Crippen LogP) is 2.80. The monoisotopic (exact) mass is 407 g/mol. The van der Waals surface area contributed by atoms with E-state index in [-0.39, 0.29) is 12.1 Å². The molecule has 3 aromatic heterocycles. The lowest BCUT2D eigenvalue weighted by atomic mass is 10.1. The molecule has 4 aromatic rings. The first-order valence-corrected chi connectivity index (χ1v) is 10.1. The van der Waals surface area contributed by atoms with Crippen LogP contribution in [0.2, 0.25) is 0 Å². The lowest BCUT2D eigenvalue weighted by Gasteiger charge is -2.12. The molecule has 0 amide bonds. The van der Waals surface area contributed by atoms with Gasteiger partial charge in [0, 0.05) is 12.6 Å². The van der Waals surface area contributed by atoms with Crippen LogP contribution in [0.5, 0.6) is 0 Å². The standard InChI is InChI=1S/C22H25N5O3/c1-15(2)9-10-25-14-23-20-19(25)21(28)27(13-18-11-16(3)30-24-18)22(29)26(20)12-17-7-5-4-6-8-17/h4-8,11,14-15H,9-10,12-13H2,1-3H3. The number of aryl methyl sites for hydroxylation is 2. The molecule has 0 N–H and O–H groups in total. The molecule has 0 saturated heterocycles. The van der Waals surface area contributed by atoms with Crippen LogP contribution in [0, 0.1) is 12.8 Å². The summed E-state index contributed by atoms with van der Waals surface area (Å²) in [4.78, 5) is 31.1. The van der Waals surface area contributed by atoms with Gasteiger partial charge >= 0.3 is 5.69 Å². The van der Waals surface area contributed by atoms with Gasteiger partial charge in [0.1, 0.15) is 11.5 Å². The molecule has 0 spiro atoms. The maximum Gasteiger partial charge on any atom is 0.333 e. The molecule has 0 radical (unpaired) electrons. The Morgan fingerprint density at radius 2 is 1.83 bits per heavy atom. The number of benzene rings is 1. The SMILES string of the molecule is Cc1cc(Cn2c(=O)c3c(ncn3CCC(C)C)n(Cc3ccccc3)c2=O)no1. The van der Waals surface area contributed by atoms with Crippen LogP contribution in [0.1, 0.15) is 37.3 Å². The Bertz CT molecular complexity index is 1280. The van der Waals surface area contributed by atoms with Crippen molar-refractivity contribution >= 4 is 11.2 Å². The molecule has 156 valence electrons. The van der Waals surface area contributed by atoms with Crippen molar-refractivity contribution in [2.24, 2.45) is 5.92 Å². The van der Waals surface area contributed by atoms with E-state index in [1.807, 2.05) is 34.9 Å². The van der Waals surface area contributed by atoms with Gasteiger partial charge in [0.25, 0.3) is 5.56 Å². The van der Waals surface area contributed by atoms with E-state index in [0.717, 1.165) is 12.0 Å². The van der Waals surface area contributed by atoms with Gasteiger partial charge in [-0.15, -0.1) is 0 Å². The van der Waals surface area contributed by atoms with Crippen molar-refractivity contribution < 1.29 is 4.52 Å². The van der Waals surface area contributed by atoms with Crippen LogP contribution in [-0.4, -0.2) is 23.8 Å². The van der Waals surface area contributed by atoms with Crippen LogP contribution in [0.25, 0.3) is 11.2 Å². The van der Waals surface area contributed by atoms with Gasteiger partial charge in [-0.05, 0) is 24.8 Å². The fourth-order valence-electron chi connectivity index (χ4n) is 3.51. The summed E-state index contributed by atoms with van der Waals surface area (Å²) in [5.41, 5.74) is 1.56. The van der Waals surface area contributed by atoms with Crippen LogP contribution in [0.3, 0.4) is 0 Å². The summed E-state index contributed by atoms with van der Waals surface area (Å²) in [6.07, 6.45) is 2.56. The van der Waals surface area contributed by atoms with Crippen LogP contribution in [0.15, 0.2) is 56.8 Å². The minimum absolute atomic E-state index is 0.0507. The molecule has 8 nitrogen and oxygen atoms in total. The molecule has 0 atom stereocenters. The van der Waals surface area contributed by atoms with Crippen LogP contribution >= 0.6 is 0 Å². The molecule has 1 aromatic carbocycles. The summed E-state index contributed by atoms with van der Waals surface area (Å²) in [6.45, 7) is 7.09. The zero-order valence-electron chi connectivity index (χ0n) is 17.4. The van der Waals surface area contributed by atoms with E-state index < -0.39 is 5.69 Å². The second-order valence-corrected chi connectivity index (χ2v) is 7.97. The predicted molar refractivity (Wildman–Crippen MR) is 114 cm³/mol. The molecule has 0 unspecified atom stereocenters. The zero-order valence-corrected chi connectivity index (χ0v) is 17.4. The highest BCUT2D eigenvalue weighted by Crippen LogP contribution is 2.12. The number of fused-ring (bicyclic) bond motifs is 1. The minimum atomic E-state index is -0.411. The van der Waals surface area contributed by atoms with Gasteiger partial charge < -0.3 is 9.09 Å². The number of aromatic nitrogens is 5. The Labute approximate surface area is 173 Å². The highest BCUT2D eigenvalue weighted by Gasteiger charge is 2.19. The van der Waals surface area contributed by atoms with Gasteiger partial charge in [-0.3, -0.25) is 13.9 Å². The van der Waals surface area contributed by atoms with Crippen molar-refractivity contribution in [3.63, 3.8) is 0 Å². The number of hydrogen-bond donors (Lipinski definition) is 0. The topological polar surface area (TPSA) is 87.9 Å². The first-order valence-electron chi connectivity index (χ1n) is 10.1. The first kappa shape index (κ1) is 19.9. The van der Waals surface area contributed by atoms with E-state index in [2.05, 4.69) is 24.0 Å². The Kier molecular flexibility index (Phi) is 5.39. The van der Waals surface area contributed by atoms with Crippen LogP contribution < -0.4 is 11.2 Å². The van der Waals surface area contributed by atoms with E-state index in [4.69, 9.17) is 4.52 Å². The summed E-state index contributed by atoms with van der Waals surface area (Å²) in [6, 6.07) is 11.4. The van der Waals surface area contributed by atoms with Crippen molar-refractivity contribution in [2.45, 2.75) is 46.8 Å². The minimum Gasteiger partial charge on any atom is -0.361 e. The lowest BCUT2D eigenvalue weighted by Crippen LogP contribution is -2.41. The van der Waals surface area contributed by atoms with Gasteiger partial charge in [-0.25, -0.2) is 9.78 Å². The van der Waals surface area contributed by atoms with Crippen LogP contribution in [0.4, 0.5) is 0 Å². The summed E-state index contributed by atoms with van der Waals surface area (Å²) >= 11 is 0. The maximum atomic E-state index is 13.3. The molecule has 0 bridgehead atoms. The Morgan fingerprint density at radius 3 is 2.50 bits per heavy atom. The molecular weight excluding hydrogens is 382 g/mol. The first-order chi connectivity index (χ1) is 14.4. The third-order valence-corrected chi connectivity index (χ3v) is 5.11. The third-order valence-electron chi connectivity index (χ3n) is 5.11. The van der Waals surface area contributed by atoms with Gasteiger partial charge in [0.15, 0.2) is 11.2 Å². The molecule has 0 saturated carbocycles. The second kappa shape index (κ2) is 8.14. The third kappa shape index (κ3) is 3.85. The van der Waals surface area contributed by atoms with E-state index >= 15 is 0 Å². The summed E-state index contributed by atoms with van der Waals surface area (Å²) in [5.74, 6) is 1.11. The number of nitrogens with zero attached hydrogens (tertiary/aromatic N) is 5. The maximum absolute atomic E-state index is 13.3. The zero-order chi connectivity index (χ0) is 21.3. The van der Waals surface area contributed by atoms with Crippen molar-refractivity contribution in [1.82, 2.24) is 23.8 Å². The van der Waals surface area contributed by atoms with Crippen molar-refractivity contribution in [2.75, 3.05) is 0 Å². The van der Waals surface area contributed by atoms with Crippen molar-refractivity contribution in [3.05, 3.63) is 80.6 Å². The smallest absolute Gasteiger partial charge is 0.333 e. The highest BCUT2D eigenvalue weighted by molar-refractivity contribution is 5.70. The number of imidazole rings is 1.